The maximum atomic E-state index is 11.6. The van der Waals surface area contributed by atoms with Gasteiger partial charge in [-0.3, -0.25) is 4.31 Å². The van der Waals surface area contributed by atoms with Gasteiger partial charge in [-0.05, 0) is 24.6 Å². The van der Waals surface area contributed by atoms with Crippen LogP contribution in [-0.4, -0.2) is 25.8 Å². The van der Waals surface area contributed by atoms with Crippen molar-refractivity contribution in [3.63, 3.8) is 0 Å². The zero-order chi connectivity index (χ0) is 11.1. The monoisotopic (exact) mass is 228 g/mol. The van der Waals surface area contributed by atoms with Gasteiger partial charge in [-0.1, -0.05) is 0 Å². The third-order valence-electron chi connectivity index (χ3n) is 2.40. The van der Waals surface area contributed by atoms with Crippen molar-refractivity contribution in [3.8, 4) is 5.75 Å². The molecule has 3 N–H and O–H groups in total. The van der Waals surface area contributed by atoms with Gasteiger partial charge in [0.15, 0.2) is 0 Å². The largest absolute Gasteiger partial charge is 0.506 e. The van der Waals surface area contributed by atoms with Gasteiger partial charge in [-0.2, -0.15) is 0 Å². The van der Waals surface area contributed by atoms with Gasteiger partial charge in [0.25, 0.3) is 0 Å². The van der Waals surface area contributed by atoms with Crippen molar-refractivity contribution in [2.45, 2.75) is 6.42 Å². The second kappa shape index (κ2) is 3.30. The van der Waals surface area contributed by atoms with E-state index in [0.717, 1.165) is 0 Å². The van der Waals surface area contributed by atoms with Crippen LogP contribution in [0.1, 0.15) is 6.42 Å². The first-order chi connectivity index (χ1) is 7.00. The van der Waals surface area contributed by atoms with E-state index in [1.165, 1.54) is 16.4 Å². The molecule has 0 unspecified atom stereocenters. The van der Waals surface area contributed by atoms with Gasteiger partial charge < -0.3 is 10.8 Å². The number of phenols is 1. The topological polar surface area (TPSA) is 83.6 Å². The second-order valence-corrected chi connectivity index (χ2v) is 5.50. The molecule has 0 spiro atoms. The molecule has 0 aromatic heterocycles. The number of sulfonamides is 1. The molecule has 82 valence electrons. The van der Waals surface area contributed by atoms with Crippen LogP contribution in [0, 0.1) is 0 Å². The fourth-order valence-electron chi connectivity index (χ4n) is 1.63. The molecule has 6 heteroatoms. The summed E-state index contributed by atoms with van der Waals surface area (Å²) in [4.78, 5) is 0. The number of anilines is 2. The van der Waals surface area contributed by atoms with Gasteiger partial charge in [-0.25, -0.2) is 8.42 Å². The van der Waals surface area contributed by atoms with E-state index in [9.17, 15) is 13.5 Å². The van der Waals surface area contributed by atoms with Crippen molar-refractivity contribution in [1.29, 1.82) is 0 Å². The van der Waals surface area contributed by atoms with Crippen LogP contribution in [0.5, 0.6) is 5.75 Å². The highest BCUT2D eigenvalue weighted by Gasteiger charge is 2.28. The lowest BCUT2D eigenvalue weighted by Gasteiger charge is -2.17. The highest BCUT2D eigenvalue weighted by atomic mass is 32.2. The Hall–Kier alpha value is -1.43. The first kappa shape index (κ1) is 10.1. The molecule has 0 saturated carbocycles. The smallest absolute Gasteiger partial charge is 0.235 e. The van der Waals surface area contributed by atoms with Crippen LogP contribution in [0.2, 0.25) is 0 Å². The molecule has 2 rings (SSSR count). The van der Waals surface area contributed by atoms with Crippen molar-refractivity contribution < 1.29 is 13.5 Å². The maximum Gasteiger partial charge on any atom is 0.235 e. The molecule has 1 heterocycles. The molecule has 1 fully saturated rings. The Balaban J connectivity index is 2.42. The fraction of sp³-hybridized carbons (Fsp3) is 0.333. The first-order valence-electron chi connectivity index (χ1n) is 4.59. The lowest BCUT2D eigenvalue weighted by molar-refractivity contribution is 0.478. The molecule has 1 aromatic carbocycles. The number of phenolic OH excluding ortho intramolecular Hbond substituents is 1. The zero-order valence-electron chi connectivity index (χ0n) is 8.05. The van der Waals surface area contributed by atoms with Crippen molar-refractivity contribution >= 4 is 21.4 Å². The molecule has 1 aromatic rings. The molecule has 5 nitrogen and oxygen atoms in total. The van der Waals surface area contributed by atoms with Gasteiger partial charge in [0.2, 0.25) is 10.0 Å². The average molecular weight is 228 g/mol. The number of nitrogens with two attached hydrogens (primary N) is 1. The Bertz CT molecular complexity index is 484. The van der Waals surface area contributed by atoms with Crippen molar-refractivity contribution in [1.82, 2.24) is 0 Å². The number of hydrogen-bond donors (Lipinski definition) is 2. The SMILES string of the molecule is Nc1cc(N2CCCS2(=O)=O)ccc1O. The van der Waals surface area contributed by atoms with E-state index in [4.69, 9.17) is 5.73 Å². The Morgan fingerprint density at radius 1 is 1.40 bits per heavy atom. The summed E-state index contributed by atoms with van der Waals surface area (Å²) in [5, 5.41) is 9.22. The molecule has 1 saturated heterocycles. The second-order valence-electron chi connectivity index (χ2n) is 3.48. The van der Waals surface area contributed by atoms with Gasteiger partial charge in [-0.15, -0.1) is 0 Å². The average Bonchev–Trinajstić information content (AvgIpc) is 2.50. The van der Waals surface area contributed by atoms with Crippen LogP contribution in [0.15, 0.2) is 18.2 Å². The van der Waals surface area contributed by atoms with E-state index in [-0.39, 0.29) is 17.2 Å². The lowest BCUT2D eigenvalue weighted by atomic mass is 10.2. The molecular formula is C9H12N2O3S. The minimum Gasteiger partial charge on any atom is -0.506 e. The number of hydrogen-bond acceptors (Lipinski definition) is 4. The number of rotatable bonds is 1. The standard InChI is InChI=1S/C9H12N2O3S/c10-8-6-7(2-3-9(8)12)11-4-1-5-15(11,13)14/h2-3,6,12H,1,4-5,10H2. The summed E-state index contributed by atoms with van der Waals surface area (Å²) in [6.07, 6.45) is 0.628. The van der Waals surface area contributed by atoms with Crippen LogP contribution in [0.3, 0.4) is 0 Å². The summed E-state index contributed by atoms with van der Waals surface area (Å²) in [5.74, 6) is 0.142. The summed E-state index contributed by atoms with van der Waals surface area (Å²) in [5.41, 5.74) is 6.21. The van der Waals surface area contributed by atoms with E-state index in [2.05, 4.69) is 0 Å². The first-order valence-corrected chi connectivity index (χ1v) is 6.20. The summed E-state index contributed by atoms with van der Waals surface area (Å²) >= 11 is 0. The van der Waals surface area contributed by atoms with Crippen LogP contribution >= 0.6 is 0 Å². The Morgan fingerprint density at radius 3 is 2.67 bits per heavy atom. The van der Waals surface area contributed by atoms with Crippen molar-refractivity contribution in [3.05, 3.63) is 18.2 Å². The normalized spacial score (nSPS) is 19.3. The third kappa shape index (κ3) is 1.72. The van der Waals surface area contributed by atoms with E-state index in [1.54, 1.807) is 6.07 Å². The molecule has 0 aliphatic carbocycles. The number of benzene rings is 1. The number of nitrogens with zero attached hydrogens (tertiary/aromatic N) is 1. The Morgan fingerprint density at radius 2 is 2.13 bits per heavy atom. The minimum absolute atomic E-state index is 0.0321. The van der Waals surface area contributed by atoms with E-state index in [0.29, 0.717) is 18.7 Å². The van der Waals surface area contributed by atoms with Gasteiger partial charge in [0.1, 0.15) is 5.75 Å². The van der Waals surface area contributed by atoms with Crippen LogP contribution < -0.4 is 10.0 Å². The molecule has 0 bridgehead atoms. The summed E-state index contributed by atoms with van der Waals surface area (Å²) in [6.45, 7) is 0.479. The van der Waals surface area contributed by atoms with Gasteiger partial charge in [0.05, 0.1) is 17.1 Å². The molecule has 1 aliphatic rings. The van der Waals surface area contributed by atoms with E-state index in [1.807, 2.05) is 0 Å². The fourth-order valence-corrected chi connectivity index (χ4v) is 3.18. The predicted molar refractivity (Wildman–Crippen MR) is 58.3 cm³/mol. The molecule has 0 radical (unpaired) electrons. The quantitative estimate of drug-likeness (QED) is 0.542. The number of aromatic hydroxyl groups is 1. The van der Waals surface area contributed by atoms with Gasteiger partial charge >= 0.3 is 0 Å². The van der Waals surface area contributed by atoms with Crippen LogP contribution in [0.4, 0.5) is 11.4 Å². The van der Waals surface area contributed by atoms with Crippen molar-refractivity contribution in [2.75, 3.05) is 22.3 Å². The zero-order valence-corrected chi connectivity index (χ0v) is 8.87. The maximum absolute atomic E-state index is 11.6. The van der Waals surface area contributed by atoms with E-state index >= 15 is 0 Å². The predicted octanol–water partition coefficient (Wildman–Crippen LogP) is 0.514. The molecule has 0 atom stereocenters. The molecule has 15 heavy (non-hydrogen) atoms. The molecule has 0 amide bonds. The molecular weight excluding hydrogens is 216 g/mol. The summed E-state index contributed by atoms with van der Waals surface area (Å²) in [6, 6.07) is 4.42. The third-order valence-corrected chi connectivity index (χ3v) is 4.27. The van der Waals surface area contributed by atoms with E-state index < -0.39 is 10.0 Å². The molecule has 1 aliphatic heterocycles. The van der Waals surface area contributed by atoms with Crippen LogP contribution in [0.25, 0.3) is 0 Å². The number of nitrogen functional groups attached to an aromatic ring is 1. The highest BCUT2D eigenvalue weighted by molar-refractivity contribution is 7.93. The summed E-state index contributed by atoms with van der Waals surface area (Å²) in [7, 11) is -3.17. The van der Waals surface area contributed by atoms with Gasteiger partial charge in [0, 0.05) is 6.54 Å². The minimum atomic E-state index is -3.17. The van der Waals surface area contributed by atoms with Crippen molar-refractivity contribution in [2.24, 2.45) is 0 Å². The Kier molecular flexibility index (Phi) is 2.22. The summed E-state index contributed by atoms with van der Waals surface area (Å²) < 4.78 is 24.5. The highest BCUT2D eigenvalue weighted by Crippen LogP contribution is 2.29. The van der Waals surface area contributed by atoms with Crippen LogP contribution in [-0.2, 0) is 10.0 Å². The lowest BCUT2D eigenvalue weighted by Crippen LogP contribution is -2.25. The Labute approximate surface area is 88.2 Å².